The van der Waals surface area contributed by atoms with E-state index in [0.29, 0.717) is 39.6 Å². The fourth-order valence-corrected chi connectivity index (χ4v) is 6.54. The van der Waals surface area contributed by atoms with Crippen molar-refractivity contribution in [2.75, 3.05) is 26.8 Å². The molecule has 0 saturated carbocycles. The zero-order valence-electron chi connectivity index (χ0n) is 31.6. The molecular formula is C38H33N11O9S2. The van der Waals surface area contributed by atoms with Gasteiger partial charge in [-0.1, -0.05) is 6.07 Å². The van der Waals surface area contributed by atoms with Crippen molar-refractivity contribution in [1.29, 1.82) is 0 Å². The van der Waals surface area contributed by atoms with Crippen LogP contribution in [0.1, 0.15) is 29.8 Å². The number of nitrogens with zero attached hydrogens (tertiary/aromatic N) is 7. The second-order valence-electron chi connectivity index (χ2n) is 12.9. The lowest BCUT2D eigenvalue weighted by Gasteiger charge is -2.13. The number of rotatable bonds is 12. The van der Waals surface area contributed by atoms with Crippen molar-refractivity contribution >= 4 is 101 Å². The molecule has 22 heteroatoms. The number of amides is 3. The van der Waals surface area contributed by atoms with Crippen molar-refractivity contribution in [2.24, 2.45) is 30.7 Å². The minimum absolute atomic E-state index is 0.0264. The second kappa shape index (κ2) is 17.1. The van der Waals surface area contributed by atoms with Gasteiger partial charge in [0, 0.05) is 23.9 Å². The first-order valence-electron chi connectivity index (χ1n) is 17.3. The van der Waals surface area contributed by atoms with Gasteiger partial charge < -0.3 is 16.4 Å². The number of nitrogen functional groups attached to an aromatic ring is 1. The molecule has 306 valence electrons. The van der Waals surface area contributed by atoms with E-state index >= 15 is 0 Å². The normalized spacial score (nSPS) is 13.9. The van der Waals surface area contributed by atoms with Crippen LogP contribution in [0.25, 0.3) is 0 Å². The molecule has 6 rings (SSSR count). The number of hydrogen-bond acceptors (Lipinski definition) is 15. The highest BCUT2D eigenvalue weighted by molar-refractivity contribution is 7.86. The van der Waals surface area contributed by atoms with Gasteiger partial charge in [-0.15, -0.1) is 10.2 Å². The molecule has 5 aromatic carbocycles. The van der Waals surface area contributed by atoms with Crippen LogP contribution in [-0.2, 0) is 29.8 Å². The Bertz CT molecular complexity index is 2900. The Hall–Kier alpha value is -7.53. The van der Waals surface area contributed by atoms with E-state index in [4.69, 9.17) is 5.73 Å². The summed E-state index contributed by atoms with van der Waals surface area (Å²) in [5.41, 5.74) is 11.4. The first-order valence-corrected chi connectivity index (χ1v) is 20.2. The highest BCUT2D eigenvalue weighted by Crippen LogP contribution is 2.38. The van der Waals surface area contributed by atoms with Gasteiger partial charge in [0.2, 0.25) is 5.91 Å². The molecule has 0 spiro atoms. The Balaban J connectivity index is 1.18. The summed E-state index contributed by atoms with van der Waals surface area (Å²) >= 11 is 0. The Labute approximate surface area is 342 Å². The predicted molar refractivity (Wildman–Crippen MR) is 223 cm³/mol. The van der Waals surface area contributed by atoms with Crippen LogP contribution in [0, 0.1) is 6.92 Å². The summed E-state index contributed by atoms with van der Waals surface area (Å²) in [5.74, 6) is -1.46. The first kappa shape index (κ1) is 42.1. The number of nitrogens with one attached hydrogen (secondary N) is 3. The zero-order valence-corrected chi connectivity index (χ0v) is 33.2. The molecule has 3 amide bonds. The van der Waals surface area contributed by atoms with Crippen molar-refractivity contribution in [3.8, 4) is 0 Å². The lowest BCUT2D eigenvalue weighted by Crippen LogP contribution is -2.28. The van der Waals surface area contributed by atoms with Crippen molar-refractivity contribution in [2.45, 2.75) is 30.6 Å². The van der Waals surface area contributed by atoms with Gasteiger partial charge in [-0.3, -0.25) is 28.9 Å². The third kappa shape index (κ3) is 10.1. The van der Waals surface area contributed by atoms with Crippen LogP contribution in [0.15, 0.2) is 144 Å². The van der Waals surface area contributed by atoms with Crippen LogP contribution >= 0.6 is 0 Å². The number of hydrogen-bond donors (Lipinski definition) is 6. The average molecular weight is 852 g/mol. The minimum atomic E-state index is -4.94. The number of anilines is 5. The lowest BCUT2D eigenvalue weighted by atomic mass is 10.2. The van der Waals surface area contributed by atoms with Gasteiger partial charge in [0.1, 0.15) is 16.3 Å². The fraction of sp³-hybridized carbons (Fsp3) is 0.0789. The molecule has 1 aliphatic rings. The number of aryl methyl sites for hydroxylation is 1. The quantitative estimate of drug-likeness (QED) is 0.0313. The maximum absolute atomic E-state index is 13.4. The Morgan fingerprint density at radius 1 is 0.733 bits per heavy atom. The first-order chi connectivity index (χ1) is 28.3. The summed E-state index contributed by atoms with van der Waals surface area (Å²) < 4.78 is 66.8. The molecule has 0 aliphatic carbocycles. The van der Waals surface area contributed by atoms with Crippen LogP contribution in [0.5, 0.6) is 0 Å². The van der Waals surface area contributed by atoms with Crippen LogP contribution in [0.4, 0.5) is 51.2 Å². The molecule has 0 saturated heterocycles. The van der Waals surface area contributed by atoms with Gasteiger partial charge in [-0.25, -0.2) is 0 Å². The largest absolute Gasteiger partial charge is 0.399 e. The number of carbonyl (C=O) groups is 3. The summed E-state index contributed by atoms with van der Waals surface area (Å²) in [6.07, 6.45) is 0. The molecule has 60 heavy (non-hydrogen) atoms. The number of hydrazone groups is 2. The van der Waals surface area contributed by atoms with Crippen molar-refractivity contribution in [3.63, 3.8) is 0 Å². The van der Waals surface area contributed by atoms with Crippen LogP contribution in [0.2, 0.25) is 0 Å². The second-order valence-corrected chi connectivity index (χ2v) is 15.7. The summed E-state index contributed by atoms with van der Waals surface area (Å²) in [5, 5.41) is 31.1. The summed E-state index contributed by atoms with van der Waals surface area (Å²) in [7, 11) is -9.40. The summed E-state index contributed by atoms with van der Waals surface area (Å²) in [6, 6.07) is 24.3. The molecule has 0 bridgehead atoms. The van der Waals surface area contributed by atoms with Crippen LogP contribution in [-0.4, -0.2) is 55.1 Å². The summed E-state index contributed by atoms with van der Waals surface area (Å²) in [6.45, 7) is 4.48. The number of benzene rings is 5. The van der Waals surface area contributed by atoms with E-state index in [1.807, 2.05) is 0 Å². The molecule has 1 heterocycles. The Kier molecular flexibility index (Phi) is 12.0. The maximum atomic E-state index is 13.4. The van der Waals surface area contributed by atoms with Gasteiger partial charge in [0.25, 0.3) is 26.1 Å². The molecule has 0 fully saturated rings. The number of azo groups is 2. The van der Waals surface area contributed by atoms with E-state index in [1.165, 1.54) is 25.1 Å². The van der Waals surface area contributed by atoms with Crippen LogP contribution < -0.4 is 26.8 Å². The average Bonchev–Trinajstić information content (AvgIpc) is 3.47. The SMILES string of the molecule is CC(=O)Nc1cc(N=Nc2ccc(NN=C3C(=O)N(c4cccc(NC(=O)c5ccc(N)cc5)c4)N=C3C)cc2C)c(S(=O)(=O)O)cc1N=Nc1ccc(S(=O)(=O)O)cc1. The number of carbonyl (C=O) groups excluding carboxylic acids is 3. The van der Waals surface area contributed by atoms with Gasteiger partial charge in [-0.2, -0.15) is 42.3 Å². The highest BCUT2D eigenvalue weighted by Gasteiger charge is 2.31. The van der Waals surface area contributed by atoms with E-state index < -0.39 is 41.8 Å². The molecule has 0 radical (unpaired) electrons. The molecular weight excluding hydrogens is 819 g/mol. The smallest absolute Gasteiger partial charge is 0.301 e. The lowest BCUT2D eigenvalue weighted by molar-refractivity contribution is -0.114. The van der Waals surface area contributed by atoms with Gasteiger partial charge >= 0.3 is 5.91 Å². The molecule has 0 unspecified atom stereocenters. The zero-order chi connectivity index (χ0) is 43.4. The van der Waals surface area contributed by atoms with E-state index in [0.717, 1.165) is 29.3 Å². The summed E-state index contributed by atoms with van der Waals surface area (Å²) in [4.78, 5) is 37.0. The van der Waals surface area contributed by atoms with E-state index in [-0.39, 0.29) is 40.1 Å². The third-order valence-electron chi connectivity index (χ3n) is 8.34. The van der Waals surface area contributed by atoms with E-state index in [2.05, 4.69) is 46.7 Å². The number of nitrogens with two attached hydrogens (primary N) is 1. The topological polar surface area (TPSA) is 299 Å². The molecule has 0 atom stereocenters. The Morgan fingerprint density at radius 3 is 2.07 bits per heavy atom. The molecule has 1 aliphatic heterocycles. The monoisotopic (exact) mass is 851 g/mol. The predicted octanol–water partition coefficient (Wildman–Crippen LogP) is 7.30. The molecule has 20 nitrogen and oxygen atoms in total. The minimum Gasteiger partial charge on any atom is -0.399 e. The van der Waals surface area contributed by atoms with Gasteiger partial charge in [0.15, 0.2) is 5.71 Å². The van der Waals surface area contributed by atoms with Crippen molar-refractivity contribution in [1.82, 2.24) is 0 Å². The maximum Gasteiger partial charge on any atom is 0.301 e. The Morgan fingerprint density at radius 2 is 1.42 bits per heavy atom. The standard InChI is InChI=1S/C38H33N11O9S2/c1-21-17-28(43-47-36-22(2)48-49(38(36)52)29-6-4-5-27(18-29)41-37(51)24-7-9-25(39)10-8-24)13-16-31(21)44-46-34-19-32(40-23(3)50)33(20-35(34)60(56,57)58)45-42-26-11-14-30(15-12-26)59(53,54)55/h4-20,43H,39H2,1-3H3,(H,40,50)(H,41,51)(H,53,54,55)(H,56,57,58). The van der Waals surface area contributed by atoms with Crippen molar-refractivity contribution < 1.29 is 40.3 Å². The van der Waals surface area contributed by atoms with Crippen LogP contribution in [0.3, 0.4) is 0 Å². The molecule has 0 aromatic heterocycles. The van der Waals surface area contributed by atoms with Gasteiger partial charge in [-0.05, 0) is 116 Å². The fourth-order valence-electron chi connectivity index (χ4n) is 5.43. The van der Waals surface area contributed by atoms with E-state index in [9.17, 15) is 40.3 Å². The highest BCUT2D eigenvalue weighted by atomic mass is 32.2. The molecule has 5 aromatic rings. The van der Waals surface area contributed by atoms with E-state index in [1.54, 1.807) is 74.5 Å². The van der Waals surface area contributed by atoms with Gasteiger partial charge in [0.05, 0.1) is 39.0 Å². The third-order valence-corrected chi connectivity index (χ3v) is 10.1. The molecule has 7 N–H and O–H groups in total. The van der Waals surface area contributed by atoms with Crippen molar-refractivity contribution in [3.05, 3.63) is 114 Å².